The number of hydrogen-bond donors (Lipinski definition) is 16. The maximum absolute atomic E-state index is 12.3. The van der Waals surface area contributed by atoms with Gasteiger partial charge in [-0.25, -0.2) is 20.9 Å². The van der Waals surface area contributed by atoms with Crippen molar-refractivity contribution >= 4 is 52.0 Å². The Hall–Kier alpha value is -1.71. The van der Waals surface area contributed by atoms with Crippen LogP contribution in [0.15, 0.2) is 0 Å². The van der Waals surface area contributed by atoms with Crippen LogP contribution in [0.2, 0.25) is 0 Å². The van der Waals surface area contributed by atoms with Crippen molar-refractivity contribution in [1.82, 2.24) is 0 Å². The number of ether oxygens (including phenoxy) is 12. The molecule has 0 aromatic carbocycles. The minimum Gasteiger partial charge on any atom is -0.394 e. The highest BCUT2D eigenvalue weighted by Gasteiger charge is 2.56. The Labute approximate surface area is 515 Å². The van der Waals surface area contributed by atoms with Gasteiger partial charge in [0.25, 0.3) is 0 Å². The van der Waals surface area contributed by atoms with Crippen LogP contribution in [0.3, 0.4) is 0 Å². The van der Waals surface area contributed by atoms with Crippen molar-refractivity contribution in [3.63, 3.8) is 0 Å². The maximum Gasteiger partial charge on any atom is 0.397 e. The summed E-state index contributed by atoms with van der Waals surface area (Å²) in [7, 11) is -26.4. The van der Waals surface area contributed by atoms with Gasteiger partial charge in [-0.3, -0.25) is 22.8 Å². The molecule has 43 nitrogen and oxygen atoms in total. The largest absolute Gasteiger partial charge is 0.397 e. The number of hydrogen-bond acceptors (Lipinski definition) is 38. The van der Waals surface area contributed by atoms with E-state index in [9.17, 15) is 121 Å². The van der Waals surface area contributed by atoms with Crippen molar-refractivity contribution in [1.29, 1.82) is 0 Å². The van der Waals surface area contributed by atoms with Gasteiger partial charge in [-0.1, -0.05) is 6.92 Å². The maximum atomic E-state index is 12.3. The van der Waals surface area contributed by atoms with Crippen LogP contribution in [-0.4, -0.2) is 334 Å². The van der Waals surface area contributed by atoms with Crippen LogP contribution in [0.25, 0.3) is 0 Å². The summed E-state index contributed by atoms with van der Waals surface area (Å²) in [4.78, 5) is 0. The summed E-state index contributed by atoms with van der Waals surface area (Å²) in [5.74, 6) is -5.05. The van der Waals surface area contributed by atoms with Crippen molar-refractivity contribution in [2.24, 2.45) is 17.8 Å². The summed E-state index contributed by atoms with van der Waals surface area (Å²) < 4.78 is 272. The quantitative estimate of drug-likeness (QED) is 0.0324. The minimum absolute atomic E-state index is 0.100. The lowest BCUT2D eigenvalue weighted by molar-refractivity contribution is -0.341. The fraction of sp³-hybridized carbons (Fsp3) is 1.00. The van der Waals surface area contributed by atoms with Crippen LogP contribution in [0.1, 0.15) is 27.2 Å². The zero-order valence-corrected chi connectivity index (χ0v) is 51.3. The topological polar surface area (TPSA) is 651 Å². The highest BCUT2D eigenvalue weighted by Crippen LogP contribution is 2.38. The van der Waals surface area contributed by atoms with Crippen molar-refractivity contribution in [3.05, 3.63) is 0 Å². The second-order valence-electron chi connectivity index (χ2n) is 20.9. The first-order valence-electron chi connectivity index (χ1n) is 26.4. The Morgan fingerprint density at radius 3 is 1.09 bits per heavy atom. The summed E-state index contributed by atoms with van der Waals surface area (Å²) in [6.45, 7) is -2.20. The van der Waals surface area contributed by atoms with Gasteiger partial charge in [-0.2, -0.15) is 42.1 Å². The fourth-order valence-electron chi connectivity index (χ4n) is 10.5. The van der Waals surface area contributed by atoms with Crippen LogP contribution in [0.5, 0.6) is 0 Å². The van der Waals surface area contributed by atoms with Gasteiger partial charge in [0.1, 0.15) is 97.7 Å². The van der Waals surface area contributed by atoms with Gasteiger partial charge < -0.3 is 113 Å². The van der Waals surface area contributed by atoms with E-state index < -0.39 is 275 Å². The molecule has 0 saturated carbocycles. The molecule has 6 aliphatic rings. The van der Waals surface area contributed by atoms with Gasteiger partial charge in [0.15, 0.2) is 37.7 Å². The first kappa shape index (κ1) is 80.0. The third kappa shape index (κ3) is 21.6. The van der Waals surface area contributed by atoms with Crippen LogP contribution in [0, 0.1) is 17.8 Å². The highest BCUT2D eigenvalue weighted by atomic mass is 32.3. The van der Waals surface area contributed by atoms with Gasteiger partial charge in [0, 0.05) is 34.0 Å². The average Bonchev–Trinajstić information content (AvgIpc) is 0.817. The van der Waals surface area contributed by atoms with Gasteiger partial charge in [0.05, 0.1) is 70.2 Å². The second kappa shape index (κ2) is 33.2. The van der Waals surface area contributed by atoms with Crippen molar-refractivity contribution in [2.75, 3.05) is 46.8 Å². The molecule has 538 valence electrons. The SMILES string of the molecule is CCC1O[C@@H](OCC2O[C@@H](OCC3O[C@@H](OC)C(O)[C@H](OS(=O)(=O)O)[C@H]3CO[C@@H]3OC(CO)[C@H](O)[C@@H](CO[C@@H]4OC(C)[C@@H](CO[C@@H]5OC(C)[C@@H](O)[C@H](OS(=O)(=O)O)C5O)[C@H](OS(=O)(=O)O)C4O)C3O)C(O)[C@H](OS(=O)(=O)O)[C@H]2O)C(O)[C@H](OS(=O)(=O)O)[C@H]1O.FF. The summed E-state index contributed by atoms with van der Waals surface area (Å²) in [5, 5.41) is 121. The number of aliphatic hydroxyl groups excluding tert-OH is 11. The van der Waals surface area contributed by atoms with E-state index in [1.807, 2.05) is 0 Å². The van der Waals surface area contributed by atoms with E-state index in [1.165, 1.54) is 20.8 Å². The number of rotatable bonds is 28. The third-order valence-electron chi connectivity index (χ3n) is 14.9. The second-order valence-corrected chi connectivity index (χ2v) is 26.2. The Bertz CT molecular complexity index is 2850. The Balaban J connectivity index is 0.00000744. The fourth-order valence-corrected chi connectivity index (χ4v) is 13.1. The lowest BCUT2D eigenvalue weighted by Crippen LogP contribution is -2.63. The molecule has 6 heterocycles. The van der Waals surface area contributed by atoms with Crippen LogP contribution < -0.4 is 0 Å². The lowest BCUT2D eigenvalue weighted by atomic mass is 9.88. The summed E-state index contributed by atoms with van der Waals surface area (Å²) in [5.41, 5.74) is 0. The number of aliphatic hydroxyl groups is 11. The van der Waals surface area contributed by atoms with E-state index in [2.05, 4.69) is 12.5 Å². The van der Waals surface area contributed by atoms with Gasteiger partial charge in [-0.15, -0.1) is 0 Å². The molecule has 6 rings (SSSR count). The summed E-state index contributed by atoms with van der Waals surface area (Å²) in [6, 6.07) is 0. The molecule has 6 fully saturated rings. The molecular formula is C41H72F2O43S5. The van der Waals surface area contributed by atoms with Gasteiger partial charge in [-0.05, 0) is 20.3 Å². The summed E-state index contributed by atoms with van der Waals surface area (Å²) >= 11 is 0. The third-order valence-corrected chi connectivity index (χ3v) is 17.2. The summed E-state index contributed by atoms with van der Waals surface area (Å²) in [6.07, 6.45) is -54.4. The number of halogens is 2. The van der Waals surface area contributed by atoms with Crippen molar-refractivity contribution < 1.29 is 208 Å². The minimum atomic E-state index is -5.59. The normalized spacial score (nSPS) is 43.1. The predicted octanol–water partition coefficient (Wildman–Crippen LogP) is -9.25. The van der Waals surface area contributed by atoms with Crippen LogP contribution in [-0.2, 0) is 130 Å². The molecule has 30 atom stereocenters. The van der Waals surface area contributed by atoms with Crippen molar-refractivity contribution in [2.45, 2.75) is 193 Å². The van der Waals surface area contributed by atoms with Crippen LogP contribution in [0.4, 0.5) is 9.15 Å². The van der Waals surface area contributed by atoms with Crippen LogP contribution >= 0.6 is 0 Å². The zero-order valence-electron chi connectivity index (χ0n) is 47.2. The van der Waals surface area contributed by atoms with Crippen molar-refractivity contribution in [3.8, 4) is 0 Å². The van der Waals surface area contributed by atoms with E-state index in [4.69, 9.17) is 74.4 Å². The molecule has 0 aromatic heterocycles. The first-order valence-corrected chi connectivity index (χ1v) is 33.3. The van der Waals surface area contributed by atoms with Gasteiger partial charge in [0.2, 0.25) is 0 Å². The predicted molar refractivity (Wildman–Crippen MR) is 272 cm³/mol. The average molecular weight is 1450 g/mol. The zero-order chi connectivity index (χ0) is 68.8. The molecule has 6 saturated heterocycles. The van der Waals surface area contributed by atoms with E-state index in [0.717, 1.165) is 7.11 Å². The molecule has 0 bridgehead atoms. The first-order chi connectivity index (χ1) is 42.1. The highest BCUT2D eigenvalue weighted by molar-refractivity contribution is 7.81. The monoisotopic (exact) mass is 1450 g/mol. The molecule has 0 aromatic rings. The van der Waals surface area contributed by atoms with E-state index in [0.29, 0.717) is 0 Å². The van der Waals surface area contributed by atoms with E-state index in [1.54, 1.807) is 0 Å². The Morgan fingerprint density at radius 2 is 0.648 bits per heavy atom. The molecule has 12 unspecified atom stereocenters. The standard InChI is InChI=1S/C41H72O43S5.F2/c1-5-17-24(46)34(83-88(62,63)64)29(51)40(76-17)73-11-20-25(47)35(84-89(65,66)67)30(52)41(79-20)72-10-19-15(32(81-86(56,57)58)26(48)36(68-4)78-19)8-70-37-23(45)16(22(44)18(6-42)77-37)9-71-38-27(49)31(80-85(53,54)55)14(12(2)74-38)7-69-39-28(50)33(82-87(59,60)61)21(43)13(3)75-39;1-2/h12-52H,5-11H2,1-4H3,(H,53,54,55)(H,56,57,58)(H,59,60,61)(H,62,63,64)(H,65,66,67);/t12?,13?,14-,15+,16-,17?,18?,19?,20?,21-,22-,23?,24+,25+,26?,27?,28?,29?,30?,31+,32-,33+,34-,35-,36-,37-,38-,39-,40-,41-;/m1./s1. The number of methoxy groups -OCH3 is 1. The molecule has 0 aliphatic carbocycles. The van der Waals surface area contributed by atoms with E-state index in [-0.39, 0.29) is 6.42 Å². The van der Waals surface area contributed by atoms with Gasteiger partial charge >= 0.3 is 52.0 Å². The molecule has 0 radical (unpaired) electrons. The lowest BCUT2D eigenvalue weighted by Gasteiger charge is -2.47. The Morgan fingerprint density at radius 1 is 0.341 bits per heavy atom. The molecule has 16 N–H and O–H groups in total. The molecule has 6 aliphatic heterocycles. The van der Waals surface area contributed by atoms with E-state index >= 15 is 0 Å². The smallest absolute Gasteiger partial charge is 0.394 e. The Kier molecular flexibility index (Phi) is 29.2. The molecular weight excluding hydrogens is 1380 g/mol. The molecule has 50 heteroatoms. The molecule has 91 heavy (non-hydrogen) atoms. The molecule has 0 amide bonds. The molecule has 0 spiro atoms.